The van der Waals surface area contributed by atoms with Crippen molar-refractivity contribution in [2.45, 2.75) is 38.7 Å². The minimum atomic E-state index is -1.42. The number of hydrogen-bond acceptors (Lipinski definition) is 4. The largest absolute Gasteiger partial charge is 0.467 e. The Labute approximate surface area is 85.6 Å². The van der Waals surface area contributed by atoms with Crippen LogP contribution in [0.2, 0.25) is 0 Å². The van der Waals surface area contributed by atoms with Gasteiger partial charge in [0.25, 0.3) is 0 Å². The number of nitrogens with one attached hydrogen (secondary N) is 1. The van der Waals surface area contributed by atoms with Crippen molar-refractivity contribution in [2.75, 3.05) is 20.2 Å². The zero-order chi connectivity index (χ0) is 11.0. The predicted octanol–water partition coefficient (Wildman–Crippen LogP) is 0.690. The second-order valence-corrected chi connectivity index (χ2v) is 3.65. The van der Waals surface area contributed by atoms with Crippen LogP contribution < -0.4 is 5.32 Å². The normalized spacial score (nSPS) is 14.9. The van der Waals surface area contributed by atoms with Crippen LogP contribution in [0.25, 0.3) is 0 Å². The third kappa shape index (κ3) is 5.19. The highest BCUT2D eigenvalue weighted by molar-refractivity contribution is 5.78. The summed E-state index contributed by atoms with van der Waals surface area (Å²) in [6.07, 6.45) is 3.39. The topological polar surface area (TPSA) is 58.6 Å². The lowest BCUT2D eigenvalue weighted by atomic mass is 10.1. The van der Waals surface area contributed by atoms with Crippen molar-refractivity contribution < 1.29 is 14.6 Å². The first kappa shape index (κ1) is 13.4. The molecular weight excluding hydrogens is 182 g/mol. The van der Waals surface area contributed by atoms with Crippen molar-refractivity contribution in [2.24, 2.45) is 0 Å². The van der Waals surface area contributed by atoms with E-state index in [9.17, 15) is 9.90 Å². The Balaban J connectivity index is 3.60. The molecule has 0 aliphatic heterocycles. The van der Waals surface area contributed by atoms with Gasteiger partial charge in [-0.25, -0.2) is 4.79 Å². The van der Waals surface area contributed by atoms with Gasteiger partial charge in [-0.05, 0) is 19.9 Å². The van der Waals surface area contributed by atoms with Crippen molar-refractivity contribution in [1.29, 1.82) is 0 Å². The average molecular weight is 203 g/mol. The molecule has 0 aromatic carbocycles. The number of unbranched alkanes of at least 4 members (excludes halogenated alkanes) is 2. The van der Waals surface area contributed by atoms with Crippen LogP contribution in [0.15, 0.2) is 0 Å². The summed E-state index contributed by atoms with van der Waals surface area (Å²) in [7, 11) is 1.27. The monoisotopic (exact) mass is 203 g/mol. The van der Waals surface area contributed by atoms with Crippen LogP contribution in [-0.4, -0.2) is 36.9 Å². The molecule has 0 saturated carbocycles. The molecule has 0 aliphatic carbocycles. The molecule has 0 fully saturated rings. The van der Waals surface area contributed by atoms with Crippen LogP contribution in [0.4, 0.5) is 0 Å². The number of methoxy groups -OCH3 is 1. The van der Waals surface area contributed by atoms with Crippen molar-refractivity contribution in [3.05, 3.63) is 0 Å². The summed E-state index contributed by atoms with van der Waals surface area (Å²) in [5.74, 6) is -0.597. The Hall–Kier alpha value is -0.610. The maximum atomic E-state index is 11.0. The molecule has 84 valence electrons. The van der Waals surface area contributed by atoms with Crippen LogP contribution in [0.3, 0.4) is 0 Å². The maximum absolute atomic E-state index is 11.0. The van der Waals surface area contributed by atoms with E-state index in [2.05, 4.69) is 17.0 Å². The molecule has 0 heterocycles. The molecule has 0 radical (unpaired) electrons. The predicted molar refractivity (Wildman–Crippen MR) is 55.0 cm³/mol. The molecule has 4 nitrogen and oxygen atoms in total. The highest BCUT2D eigenvalue weighted by atomic mass is 16.5. The quantitative estimate of drug-likeness (QED) is 0.472. The van der Waals surface area contributed by atoms with Crippen molar-refractivity contribution in [3.8, 4) is 0 Å². The van der Waals surface area contributed by atoms with Crippen molar-refractivity contribution in [3.63, 3.8) is 0 Å². The first-order valence-corrected chi connectivity index (χ1v) is 5.06. The standard InChI is InChI=1S/C10H21NO3/c1-4-5-6-7-11-8-10(2,13)9(12)14-3/h11,13H,4-8H2,1-3H3. The molecule has 0 saturated heterocycles. The van der Waals surface area contributed by atoms with Crippen LogP contribution >= 0.6 is 0 Å². The lowest BCUT2D eigenvalue weighted by molar-refractivity contribution is -0.159. The summed E-state index contributed by atoms with van der Waals surface area (Å²) in [6, 6.07) is 0. The van der Waals surface area contributed by atoms with Gasteiger partial charge in [-0.3, -0.25) is 0 Å². The lowest BCUT2D eigenvalue weighted by Gasteiger charge is -2.20. The van der Waals surface area contributed by atoms with Crippen LogP contribution in [0.1, 0.15) is 33.1 Å². The third-order valence-corrected chi connectivity index (χ3v) is 2.05. The van der Waals surface area contributed by atoms with Crippen molar-refractivity contribution >= 4 is 5.97 Å². The molecule has 0 bridgehead atoms. The van der Waals surface area contributed by atoms with E-state index >= 15 is 0 Å². The average Bonchev–Trinajstić information content (AvgIpc) is 2.16. The molecule has 0 spiro atoms. The molecule has 0 aromatic heterocycles. The Morgan fingerprint density at radius 2 is 2.14 bits per heavy atom. The first-order chi connectivity index (χ1) is 6.54. The van der Waals surface area contributed by atoms with Gasteiger partial charge in [0.1, 0.15) is 0 Å². The number of carbonyl (C=O) groups excluding carboxylic acids is 1. The van der Waals surface area contributed by atoms with E-state index in [4.69, 9.17) is 0 Å². The molecule has 1 unspecified atom stereocenters. The molecule has 0 aliphatic rings. The minimum Gasteiger partial charge on any atom is -0.467 e. The molecule has 4 heteroatoms. The van der Waals surface area contributed by atoms with Crippen LogP contribution in [0, 0.1) is 0 Å². The summed E-state index contributed by atoms with van der Waals surface area (Å²) >= 11 is 0. The van der Waals surface area contributed by atoms with Gasteiger partial charge in [-0.1, -0.05) is 19.8 Å². The van der Waals surface area contributed by atoms with Gasteiger partial charge < -0.3 is 15.2 Å². The summed E-state index contributed by atoms with van der Waals surface area (Å²) in [6.45, 7) is 4.64. The maximum Gasteiger partial charge on any atom is 0.338 e. The zero-order valence-corrected chi connectivity index (χ0v) is 9.30. The Morgan fingerprint density at radius 1 is 1.50 bits per heavy atom. The Bertz CT molecular complexity index is 169. The van der Waals surface area contributed by atoms with E-state index in [1.54, 1.807) is 0 Å². The van der Waals surface area contributed by atoms with E-state index in [0.29, 0.717) is 0 Å². The third-order valence-electron chi connectivity index (χ3n) is 2.05. The van der Waals surface area contributed by atoms with Crippen LogP contribution in [0.5, 0.6) is 0 Å². The lowest BCUT2D eigenvalue weighted by Crippen LogP contribution is -2.45. The van der Waals surface area contributed by atoms with Gasteiger partial charge in [0, 0.05) is 6.54 Å². The van der Waals surface area contributed by atoms with E-state index < -0.39 is 11.6 Å². The summed E-state index contributed by atoms with van der Waals surface area (Å²) in [5.41, 5.74) is -1.42. The number of aliphatic hydroxyl groups is 1. The van der Waals surface area contributed by atoms with E-state index in [1.165, 1.54) is 14.0 Å². The van der Waals surface area contributed by atoms with Gasteiger partial charge in [0.05, 0.1) is 7.11 Å². The molecule has 0 amide bonds. The molecular formula is C10H21NO3. The molecule has 1 atom stereocenters. The zero-order valence-electron chi connectivity index (χ0n) is 9.30. The second-order valence-electron chi connectivity index (χ2n) is 3.65. The summed E-state index contributed by atoms with van der Waals surface area (Å²) in [4.78, 5) is 11.0. The van der Waals surface area contributed by atoms with Gasteiger partial charge >= 0.3 is 5.97 Å². The SMILES string of the molecule is CCCCCNCC(C)(O)C(=O)OC. The fraction of sp³-hybridized carbons (Fsp3) is 0.900. The fourth-order valence-corrected chi connectivity index (χ4v) is 1.12. The van der Waals surface area contributed by atoms with Gasteiger partial charge in [0.15, 0.2) is 5.60 Å². The first-order valence-electron chi connectivity index (χ1n) is 5.06. The van der Waals surface area contributed by atoms with E-state index in [-0.39, 0.29) is 6.54 Å². The molecule has 0 rings (SSSR count). The molecule has 14 heavy (non-hydrogen) atoms. The van der Waals surface area contributed by atoms with E-state index in [1.807, 2.05) is 0 Å². The number of hydrogen-bond donors (Lipinski definition) is 2. The number of carbonyl (C=O) groups is 1. The van der Waals surface area contributed by atoms with Gasteiger partial charge in [0.2, 0.25) is 0 Å². The number of ether oxygens (including phenoxy) is 1. The molecule has 0 aromatic rings. The Morgan fingerprint density at radius 3 is 2.64 bits per heavy atom. The van der Waals surface area contributed by atoms with Crippen molar-refractivity contribution in [1.82, 2.24) is 5.32 Å². The smallest absolute Gasteiger partial charge is 0.338 e. The second kappa shape index (κ2) is 6.79. The highest BCUT2D eigenvalue weighted by Gasteiger charge is 2.30. The van der Waals surface area contributed by atoms with Gasteiger partial charge in [-0.15, -0.1) is 0 Å². The van der Waals surface area contributed by atoms with Gasteiger partial charge in [-0.2, -0.15) is 0 Å². The van der Waals surface area contributed by atoms with E-state index in [0.717, 1.165) is 25.8 Å². The Kier molecular flexibility index (Phi) is 6.49. The minimum absolute atomic E-state index is 0.239. The number of rotatable bonds is 7. The highest BCUT2D eigenvalue weighted by Crippen LogP contribution is 2.03. The molecule has 2 N–H and O–H groups in total. The number of esters is 1. The van der Waals surface area contributed by atoms with Crippen LogP contribution in [-0.2, 0) is 9.53 Å². The summed E-state index contributed by atoms with van der Waals surface area (Å²) in [5, 5.41) is 12.6. The fourth-order valence-electron chi connectivity index (χ4n) is 1.12. The summed E-state index contributed by atoms with van der Waals surface area (Å²) < 4.78 is 4.46.